The summed E-state index contributed by atoms with van der Waals surface area (Å²) < 4.78 is 0. The first-order valence-corrected chi connectivity index (χ1v) is 25.4. The molecular weight excluding hydrogens is 827 g/mol. The Morgan fingerprint density at radius 2 is 1.01 bits per heavy atom. The van der Waals surface area contributed by atoms with Gasteiger partial charge >= 0.3 is 0 Å². The number of unbranched alkanes of at least 4 members (excludes halogenated alkanes) is 6. The molecule has 0 amide bonds. The van der Waals surface area contributed by atoms with Crippen molar-refractivity contribution in [1.82, 2.24) is 24.9 Å². The molecule has 1 aliphatic rings. The van der Waals surface area contributed by atoms with Gasteiger partial charge in [0, 0.05) is 57.0 Å². The van der Waals surface area contributed by atoms with Crippen LogP contribution in [0.5, 0.6) is 0 Å². The largest absolute Gasteiger partial charge is 0.264 e. The minimum Gasteiger partial charge on any atom is -0.264 e. The van der Waals surface area contributed by atoms with E-state index in [0.29, 0.717) is 17.5 Å². The van der Waals surface area contributed by atoms with Crippen LogP contribution in [-0.4, -0.2) is 24.9 Å². The number of hydrogen-bond donors (Lipinski definition) is 0. The molecule has 346 valence electrons. The molecule has 0 spiro atoms. The van der Waals surface area contributed by atoms with Gasteiger partial charge in [0.2, 0.25) is 0 Å². The van der Waals surface area contributed by atoms with Crippen molar-refractivity contribution in [2.75, 3.05) is 0 Å². The van der Waals surface area contributed by atoms with Gasteiger partial charge in [-0.05, 0) is 106 Å². The normalized spacial score (nSPS) is 14.6. The van der Waals surface area contributed by atoms with Crippen LogP contribution in [0.3, 0.4) is 0 Å². The number of nitrogens with zero attached hydrogens (tertiary/aromatic N) is 5. The Morgan fingerprint density at radius 1 is 0.471 bits per heavy atom. The van der Waals surface area contributed by atoms with Crippen molar-refractivity contribution in [2.45, 2.75) is 143 Å². The van der Waals surface area contributed by atoms with E-state index < -0.39 is 0 Å². The topological polar surface area (TPSA) is 64.5 Å². The molecule has 5 aromatic carbocycles. The van der Waals surface area contributed by atoms with Gasteiger partial charge in [-0.1, -0.05) is 197 Å². The molecule has 5 heteroatoms. The Morgan fingerprint density at radius 3 is 1.59 bits per heavy atom. The van der Waals surface area contributed by atoms with Gasteiger partial charge in [-0.3, -0.25) is 9.97 Å². The molecule has 8 aromatic rings. The van der Waals surface area contributed by atoms with Gasteiger partial charge in [0.15, 0.2) is 17.5 Å². The van der Waals surface area contributed by atoms with Gasteiger partial charge in [-0.25, -0.2) is 15.0 Å². The van der Waals surface area contributed by atoms with Crippen molar-refractivity contribution in [2.24, 2.45) is 0 Å². The molecule has 0 aliphatic heterocycles. The molecular formula is C63H69N5. The summed E-state index contributed by atoms with van der Waals surface area (Å²) in [5.41, 5.74) is 16.6. The quantitative estimate of drug-likeness (QED) is 0.0959. The van der Waals surface area contributed by atoms with E-state index in [2.05, 4.69) is 183 Å². The van der Waals surface area contributed by atoms with E-state index in [4.69, 9.17) is 19.9 Å². The molecule has 0 saturated heterocycles. The Bertz CT molecular complexity index is 2950. The lowest BCUT2D eigenvalue weighted by molar-refractivity contribution is 0.590. The van der Waals surface area contributed by atoms with Crippen LogP contribution in [0.1, 0.15) is 153 Å². The van der Waals surface area contributed by atoms with Gasteiger partial charge in [0.1, 0.15) is 0 Å². The summed E-state index contributed by atoms with van der Waals surface area (Å²) in [6, 6.07) is 43.0. The summed E-state index contributed by atoms with van der Waals surface area (Å²) in [5.74, 6) is 1.81. The van der Waals surface area contributed by atoms with Crippen LogP contribution in [0.25, 0.3) is 67.3 Å². The molecule has 3 heterocycles. The lowest BCUT2D eigenvalue weighted by Crippen LogP contribution is -2.23. The van der Waals surface area contributed by atoms with Crippen molar-refractivity contribution >= 4 is 10.8 Å². The fourth-order valence-electron chi connectivity index (χ4n) is 10.3. The Kier molecular flexibility index (Phi) is 13.3. The van der Waals surface area contributed by atoms with Crippen molar-refractivity contribution in [3.8, 4) is 56.5 Å². The monoisotopic (exact) mass is 896 g/mol. The third-order valence-electron chi connectivity index (χ3n) is 14.4. The second kappa shape index (κ2) is 19.3. The maximum absolute atomic E-state index is 5.33. The molecule has 0 radical (unpaired) electrons. The number of benzene rings is 5. The van der Waals surface area contributed by atoms with Crippen LogP contribution in [-0.2, 0) is 29.1 Å². The van der Waals surface area contributed by atoms with Crippen LogP contribution in [0.4, 0.5) is 0 Å². The highest BCUT2D eigenvalue weighted by atomic mass is 15.0. The van der Waals surface area contributed by atoms with Crippen LogP contribution in [0.2, 0.25) is 0 Å². The molecule has 5 nitrogen and oxygen atoms in total. The highest BCUT2D eigenvalue weighted by molar-refractivity contribution is 6.02. The van der Waals surface area contributed by atoms with Crippen molar-refractivity contribution < 1.29 is 0 Å². The van der Waals surface area contributed by atoms with Gasteiger partial charge in [-0.15, -0.1) is 0 Å². The Labute approximate surface area is 406 Å². The van der Waals surface area contributed by atoms with E-state index in [1.54, 1.807) is 0 Å². The number of hydrogen-bond acceptors (Lipinski definition) is 5. The smallest absolute Gasteiger partial charge is 0.166 e. The maximum atomic E-state index is 5.33. The molecule has 0 N–H and O–H groups in total. The summed E-state index contributed by atoms with van der Waals surface area (Å²) >= 11 is 0. The minimum absolute atomic E-state index is 0.0270. The number of fused-ring (bicyclic) bond motifs is 4. The average Bonchev–Trinajstić information content (AvgIpc) is 3.61. The fraction of sp³-hybridized carbons (Fsp3) is 0.349. The molecule has 9 rings (SSSR count). The zero-order valence-electron chi connectivity index (χ0n) is 42.0. The van der Waals surface area contributed by atoms with E-state index in [9.17, 15) is 0 Å². The van der Waals surface area contributed by atoms with E-state index in [0.717, 1.165) is 51.6 Å². The van der Waals surface area contributed by atoms with Gasteiger partial charge in [0.05, 0.1) is 5.69 Å². The fourth-order valence-corrected chi connectivity index (χ4v) is 10.3. The lowest BCUT2D eigenvalue weighted by Gasteiger charge is -2.30. The Balaban J connectivity index is 1.16. The molecule has 1 aliphatic carbocycles. The predicted molar refractivity (Wildman–Crippen MR) is 285 cm³/mol. The summed E-state index contributed by atoms with van der Waals surface area (Å²) in [7, 11) is 0. The number of aromatic nitrogens is 5. The lowest BCUT2D eigenvalue weighted by atomic mass is 9.72. The van der Waals surface area contributed by atoms with Crippen LogP contribution < -0.4 is 0 Å². The minimum atomic E-state index is -0.343. The van der Waals surface area contributed by atoms with Crippen LogP contribution in [0.15, 0.2) is 134 Å². The van der Waals surface area contributed by atoms with Crippen LogP contribution >= 0.6 is 0 Å². The highest BCUT2D eigenvalue weighted by Gasteiger charge is 2.41. The standard InChI is InChI=1S/C63H69N5/c1-10-12-14-16-20-42-36-43(21-17-15-13-11-2)38-49(37-42)63(9)55-23-19-18-22-50(55)51-33-28-46(39-56(51)63)57-52-34-35-64-40-53(52)54(41-65-57)60-67-58(44-24-29-47(30-25-44)61(3,4)5)66-59(68-60)45-26-31-48(32-27-45)62(6,7)8/h18-19,22-41H,10-17,20-21H2,1-9H3. The third-order valence-corrected chi connectivity index (χ3v) is 14.4. The number of rotatable bonds is 15. The third kappa shape index (κ3) is 9.42. The summed E-state index contributed by atoms with van der Waals surface area (Å²) in [5, 5.41) is 1.95. The van der Waals surface area contributed by atoms with Crippen molar-refractivity contribution in [3.05, 3.63) is 173 Å². The molecule has 3 aromatic heterocycles. The summed E-state index contributed by atoms with van der Waals surface area (Å²) in [6.07, 6.45) is 18.1. The van der Waals surface area contributed by atoms with Gasteiger partial charge in [-0.2, -0.15) is 0 Å². The first-order chi connectivity index (χ1) is 32.8. The molecule has 0 fully saturated rings. The Hall–Kier alpha value is -6.33. The van der Waals surface area contributed by atoms with E-state index >= 15 is 0 Å². The molecule has 0 bridgehead atoms. The van der Waals surface area contributed by atoms with Crippen LogP contribution in [0, 0.1) is 0 Å². The maximum Gasteiger partial charge on any atom is 0.166 e. The average molecular weight is 896 g/mol. The summed E-state index contributed by atoms with van der Waals surface area (Å²) in [6.45, 7) is 20.5. The molecule has 1 atom stereocenters. The second-order valence-corrected chi connectivity index (χ2v) is 21.5. The highest BCUT2D eigenvalue weighted by Crippen LogP contribution is 2.54. The van der Waals surface area contributed by atoms with E-state index in [1.807, 2.05) is 18.6 Å². The second-order valence-electron chi connectivity index (χ2n) is 21.5. The zero-order valence-corrected chi connectivity index (χ0v) is 42.0. The first-order valence-electron chi connectivity index (χ1n) is 25.4. The predicted octanol–water partition coefficient (Wildman–Crippen LogP) is 16.7. The van der Waals surface area contributed by atoms with Gasteiger partial charge < -0.3 is 0 Å². The first kappa shape index (κ1) is 46.8. The summed E-state index contributed by atoms with van der Waals surface area (Å²) in [4.78, 5) is 25.5. The molecule has 68 heavy (non-hydrogen) atoms. The van der Waals surface area contributed by atoms with Crippen molar-refractivity contribution in [1.29, 1.82) is 0 Å². The zero-order chi connectivity index (χ0) is 47.6. The van der Waals surface area contributed by atoms with E-state index in [1.165, 1.54) is 101 Å². The molecule has 1 unspecified atom stereocenters. The number of pyridine rings is 2. The SMILES string of the molecule is CCCCCCc1cc(CCCCCC)cc(C2(C)c3ccccc3-c3ccc(-c4ncc(-c5nc(-c6ccc(C(C)(C)C)cc6)nc(-c6ccc(C(C)(C)C)cc6)n5)c5cnccc45)cc32)c1. The van der Waals surface area contributed by atoms with E-state index in [-0.39, 0.29) is 16.2 Å². The number of aryl methyl sites for hydroxylation is 2. The molecule has 0 saturated carbocycles. The van der Waals surface area contributed by atoms with Crippen molar-refractivity contribution in [3.63, 3.8) is 0 Å². The van der Waals surface area contributed by atoms with Gasteiger partial charge in [0.25, 0.3) is 0 Å².